The second kappa shape index (κ2) is 10.5. The summed E-state index contributed by atoms with van der Waals surface area (Å²) in [5, 5.41) is 4.45. The molecule has 0 radical (unpaired) electrons. The van der Waals surface area contributed by atoms with Gasteiger partial charge in [-0.15, -0.1) is 0 Å². The second-order valence-electron chi connectivity index (χ2n) is 5.61. The van der Waals surface area contributed by atoms with Crippen LogP contribution < -0.4 is 10.2 Å². The number of aryl methyl sites for hydroxylation is 1. The lowest BCUT2D eigenvalue weighted by Gasteiger charge is -2.36. The average Bonchev–Trinajstić information content (AvgIpc) is 3.10. The number of guanidine groups is 1. The zero-order chi connectivity index (χ0) is 17.2. The molecule has 1 aromatic rings. The van der Waals surface area contributed by atoms with Gasteiger partial charge in [-0.1, -0.05) is 6.92 Å². The van der Waals surface area contributed by atoms with E-state index in [-0.39, 0.29) is 0 Å². The van der Waals surface area contributed by atoms with Crippen molar-refractivity contribution in [3.63, 3.8) is 0 Å². The average molecular weight is 355 g/mol. The maximum atomic E-state index is 5.37. The maximum absolute atomic E-state index is 5.37. The van der Waals surface area contributed by atoms with Crippen molar-refractivity contribution in [1.82, 2.24) is 19.6 Å². The number of aromatic nitrogens is 2. The molecule has 0 aliphatic carbocycles. The third kappa shape index (κ3) is 5.59. The number of hydrogen-bond acceptors (Lipinski definition) is 6. The molecule has 2 rings (SSSR count). The smallest absolute Gasteiger partial charge is 0.205 e. The van der Waals surface area contributed by atoms with Gasteiger partial charge in [-0.3, -0.25) is 4.99 Å². The first-order valence-electron chi connectivity index (χ1n) is 8.97. The summed E-state index contributed by atoms with van der Waals surface area (Å²) in [6.45, 7) is 13.3. The monoisotopic (exact) mass is 354 g/mol. The highest BCUT2D eigenvalue weighted by Crippen LogP contribution is 2.19. The molecule has 2 heterocycles. The minimum absolute atomic E-state index is 0.775. The van der Waals surface area contributed by atoms with Crippen LogP contribution in [0.25, 0.3) is 0 Å². The van der Waals surface area contributed by atoms with E-state index in [1.54, 1.807) is 0 Å². The molecule has 1 aliphatic heterocycles. The molecule has 0 saturated carbocycles. The summed E-state index contributed by atoms with van der Waals surface area (Å²) in [7, 11) is 0. The minimum atomic E-state index is 0.775. The molecular weight excluding hydrogens is 324 g/mol. The van der Waals surface area contributed by atoms with Crippen LogP contribution in [0.1, 0.15) is 33.0 Å². The van der Waals surface area contributed by atoms with Gasteiger partial charge < -0.3 is 19.9 Å². The number of aliphatic imine (C=N–C) groups is 1. The summed E-state index contributed by atoms with van der Waals surface area (Å²) in [5.74, 6) is 1.96. The zero-order valence-electron chi connectivity index (χ0n) is 15.1. The molecule has 0 atom stereocenters. The van der Waals surface area contributed by atoms with E-state index in [9.17, 15) is 0 Å². The Kier molecular flexibility index (Phi) is 8.24. The number of nitrogens with zero attached hydrogens (tertiary/aromatic N) is 5. The summed E-state index contributed by atoms with van der Waals surface area (Å²) in [6, 6.07) is 0. The first-order valence-corrected chi connectivity index (χ1v) is 9.74. The summed E-state index contributed by atoms with van der Waals surface area (Å²) in [6.07, 6.45) is 1.86. The van der Waals surface area contributed by atoms with Crippen molar-refractivity contribution < 1.29 is 4.74 Å². The summed E-state index contributed by atoms with van der Waals surface area (Å²) in [4.78, 5) is 14.0. The quantitative estimate of drug-likeness (QED) is 0.435. The summed E-state index contributed by atoms with van der Waals surface area (Å²) >= 11 is 1.51. The van der Waals surface area contributed by atoms with Crippen molar-refractivity contribution in [2.75, 3.05) is 57.4 Å². The van der Waals surface area contributed by atoms with Crippen LogP contribution >= 0.6 is 11.5 Å². The molecule has 0 aromatic carbocycles. The molecule has 1 N–H and O–H groups in total. The predicted octanol–water partition coefficient (Wildman–Crippen LogP) is 1.61. The van der Waals surface area contributed by atoms with E-state index in [2.05, 4.69) is 38.3 Å². The molecule has 7 nitrogen and oxygen atoms in total. The lowest BCUT2D eigenvalue weighted by molar-refractivity contribution is 0.146. The summed E-state index contributed by atoms with van der Waals surface area (Å²) in [5.41, 5.74) is 0. The SMILES string of the molecule is CCNC(=NCCCOCC)N1CCN(c2nc(CC)ns2)CC1. The van der Waals surface area contributed by atoms with Gasteiger partial charge in [0, 0.05) is 70.4 Å². The van der Waals surface area contributed by atoms with Gasteiger partial charge in [-0.2, -0.15) is 4.37 Å². The molecule has 24 heavy (non-hydrogen) atoms. The van der Waals surface area contributed by atoms with Crippen LogP contribution in [0, 0.1) is 0 Å². The number of rotatable bonds is 8. The lowest BCUT2D eigenvalue weighted by atomic mass is 10.3. The Morgan fingerprint density at radius 3 is 2.67 bits per heavy atom. The molecule has 1 aliphatic rings. The van der Waals surface area contributed by atoms with Crippen molar-refractivity contribution in [3.8, 4) is 0 Å². The van der Waals surface area contributed by atoms with Gasteiger partial charge in [0.15, 0.2) is 5.96 Å². The van der Waals surface area contributed by atoms with Crippen LogP contribution in [0.15, 0.2) is 4.99 Å². The fourth-order valence-electron chi connectivity index (χ4n) is 2.55. The standard InChI is InChI=1S/C16H30N6OS/c1-4-14-19-16(24-20-14)22-11-9-21(10-12-22)15(17-5-2)18-8-7-13-23-6-3/h4-13H2,1-3H3,(H,17,18). The molecule has 0 spiro atoms. The van der Waals surface area contributed by atoms with Crippen LogP contribution in [0.3, 0.4) is 0 Å². The van der Waals surface area contributed by atoms with Gasteiger partial charge in [0.1, 0.15) is 5.82 Å². The van der Waals surface area contributed by atoms with Crippen molar-refractivity contribution in [2.45, 2.75) is 33.6 Å². The van der Waals surface area contributed by atoms with Crippen LogP contribution in [-0.4, -0.2) is 72.7 Å². The molecule has 8 heteroatoms. The maximum Gasteiger partial charge on any atom is 0.205 e. The Labute approximate surface area is 149 Å². The Morgan fingerprint density at radius 2 is 2.04 bits per heavy atom. The highest BCUT2D eigenvalue weighted by molar-refractivity contribution is 7.09. The molecular formula is C16H30N6OS. The second-order valence-corrected chi connectivity index (χ2v) is 6.34. The van der Waals surface area contributed by atoms with E-state index in [0.29, 0.717) is 0 Å². The number of hydrogen-bond donors (Lipinski definition) is 1. The molecule has 0 amide bonds. The topological polar surface area (TPSA) is 65.9 Å². The van der Waals surface area contributed by atoms with E-state index in [1.807, 2.05) is 6.92 Å². The third-order valence-electron chi connectivity index (χ3n) is 3.87. The van der Waals surface area contributed by atoms with Crippen LogP contribution in [0.2, 0.25) is 0 Å². The van der Waals surface area contributed by atoms with E-state index in [1.165, 1.54) is 11.5 Å². The van der Waals surface area contributed by atoms with Crippen molar-refractivity contribution in [1.29, 1.82) is 0 Å². The molecule has 0 unspecified atom stereocenters. The van der Waals surface area contributed by atoms with Gasteiger partial charge in [0.2, 0.25) is 5.13 Å². The normalized spacial score (nSPS) is 15.9. The van der Waals surface area contributed by atoms with Gasteiger partial charge >= 0.3 is 0 Å². The lowest BCUT2D eigenvalue weighted by Crippen LogP contribution is -2.52. The molecule has 136 valence electrons. The van der Waals surface area contributed by atoms with Gasteiger partial charge in [-0.25, -0.2) is 4.98 Å². The minimum Gasteiger partial charge on any atom is -0.382 e. The van der Waals surface area contributed by atoms with Gasteiger partial charge in [-0.05, 0) is 20.3 Å². The van der Waals surface area contributed by atoms with Gasteiger partial charge in [0.05, 0.1) is 0 Å². The highest BCUT2D eigenvalue weighted by Gasteiger charge is 2.21. The Bertz CT molecular complexity index is 499. The first kappa shape index (κ1) is 18.9. The Hall–Kier alpha value is -1.41. The highest BCUT2D eigenvalue weighted by atomic mass is 32.1. The summed E-state index contributed by atoms with van der Waals surface area (Å²) < 4.78 is 9.76. The number of anilines is 1. The van der Waals surface area contributed by atoms with E-state index in [0.717, 1.165) is 82.2 Å². The van der Waals surface area contributed by atoms with Gasteiger partial charge in [0.25, 0.3) is 0 Å². The van der Waals surface area contributed by atoms with Crippen molar-refractivity contribution >= 4 is 22.6 Å². The predicted molar refractivity (Wildman–Crippen MR) is 100 cm³/mol. The van der Waals surface area contributed by atoms with Crippen molar-refractivity contribution in [2.24, 2.45) is 4.99 Å². The number of ether oxygens (including phenoxy) is 1. The molecule has 0 bridgehead atoms. The van der Waals surface area contributed by atoms with Crippen LogP contribution in [0.4, 0.5) is 5.13 Å². The fraction of sp³-hybridized carbons (Fsp3) is 0.812. The molecule has 1 saturated heterocycles. The van der Waals surface area contributed by atoms with E-state index in [4.69, 9.17) is 9.73 Å². The Morgan fingerprint density at radius 1 is 1.25 bits per heavy atom. The van der Waals surface area contributed by atoms with Crippen molar-refractivity contribution in [3.05, 3.63) is 5.82 Å². The third-order valence-corrected chi connectivity index (χ3v) is 4.69. The first-order chi connectivity index (χ1) is 11.8. The van der Waals surface area contributed by atoms with Crippen LogP contribution in [-0.2, 0) is 11.2 Å². The fourth-order valence-corrected chi connectivity index (χ4v) is 3.35. The van der Waals surface area contributed by atoms with E-state index >= 15 is 0 Å². The number of nitrogens with one attached hydrogen (secondary N) is 1. The molecule has 1 fully saturated rings. The number of piperazine rings is 1. The largest absolute Gasteiger partial charge is 0.382 e. The zero-order valence-corrected chi connectivity index (χ0v) is 15.9. The molecule has 1 aromatic heterocycles. The van der Waals surface area contributed by atoms with Crippen LogP contribution in [0.5, 0.6) is 0 Å². The van der Waals surface area contributed by atoms with E-state index < -0.39 is 0 Å². The Balaban J connectivity index is 1.83.